The minimum absolute atomic E-state index is 0.0937. The quantitative estimate of drug-likeness (QED) is 0.376. The summed E-state index contributed by atoms with van der Waals surface area (Å²) in [6.07, 6.45) is -3.53. The van der Waals surface area contributed by atoms with Crippen LogP contribution in [0.3, 0.4) is 0 Å². The van der Waals surface area contributed by atoms with Gasteiger partial charge in [-0.2, -0.15) is 13.2 Å². The number of unbranched alkanes of at least 4 members (excludes halogenated alkanes) is 1. The van der Waals surface area contributed by atoms with E-state index in [1.165, 1.54) is 0 Å². The number of alkyl halides is 3. The van der Waals surface area contributed by atoms with Crippen LogP contribution in [-0.2, 0) is 15.7 Å². The zero-order chi connectivity index (χ0) is 20.7. The summed E-state index contributed by atoms with van der Waals surface area (Å²) in [5.41, 5.74) is -0.853. The van der Waals surface area contributed by atoms with Crippen LogP contribution in [-0.4, -0.2) is 18.7 Å². The van der Waals surface area contributed by atoms with Crippen molar-refractivity contribution >= 4 is 17.6 Å². The number of rotatable bonds is 8. The first-order chi connectivity index (χ1) is 13.2. The first-order valence-corrected chi connectivity index (χ1v) is 9.06. The highest BCUT2D eigenvalue weighted by atomic mass is 35.5. The van der Waals surface area contributed by atoms with Crippen LogP contribution >= 0.6 is 11.6 Å². The van der Waals surface area contributed by atoms with Gasteiger partial charge in [0.25, 0.3) is 0 Å². The van der Waals surface area contributed by atoms with Gasteiger partial charge in [-0.3, -0.25) is 0 Å². The zero-order valence-corrected chi connectivity index (χ0v) is 16.1. The van der Waals surface area contributed by atoms with Gasteiger partial charge in [0.05, 0.1) is 17.2 Å². The highest BCUT2D eigenvalue weighted by molar-refractivity contribution is 6.32. The van der Waals surface area contributed by atoms with E-state index in [9.17, 15) is 18.0 Å². The van der Waals surface area contributed by atoms with Crippen molar-refractivity contribution in [3.8, 4) is 17.2 Å². The largest absolute Gasteiger partial charge is 0.479 e. The third kappa shape index (κ3) is 6.34. The summed E-state index contributed by atoms with van der Waals surface area (Å²) >= 11 is 5.87. The third-order valence-electron chi connectivity index (χ3n) is 3.70. The Morgan fingerprint density at radius 3 is 2.32 bits per heavy atom. The molecule has 0 aliphatic carbocycles. The molecule has 4 nitrogen and oxygen atoms in total. The molecule has 28 heavy (non-hydrogen) atoms. The number of benzene rings is 2. The second-order valence-electron chi connectivity index (χ2n) is 6.00. The second kappa shape index (κ2) is 9.68. The van der Waals surface area contributed by atoms with Crippen molar-refractivity contribution in [3.05, 3.63) is 53.1 Å². The van der Waals surface area contributed by atoms with Gasteiger partial charge in [0.15, 0.2) is 6.10 Å². The van der Waals surface area contributed by atoms with Gasteiger partial charge >= 0.3 is 12.1 Å². The molecule has 1 atom stereocenters. The van der Waals surface area contributed by atoms with E-state index in [1.54, 1.807) is 31.2 Å². The summed E-state index contributed by atoms with van der Waals surface area (Å²) in [6, 6.07) is 9.11. The van der Waals surface area contributed by atoms with E-state index in [0.29, 0.717) is 18.1 Å². The lowest BCUT2D eigenvalue weighted by Gasteiger charge is -2.14. The Hall–Kier alpha value is -2.41. The topological polar surface area (TPSA) is 44.8 Å². The molecule has 0 fully saturated rings. The molecule has 0 aliphatic heterocycles. The van der Waals surface area contributed by atoms with Crippen molar-refractivity contribution in [1.82, 2.24) is 0 Å². The van der Waals surface area contributed by atoms with Gasteiger partial charge in [0.1, 0.15) is 17.2 Å². The Bertz CT molecular complexity index is 791. The highest BCUT2D eigenvalue weighted by Crippen LogP contribution is 2.36. The molecule has 152 valence electrons. The number of halogens is 4. The lowest BCUT2D eigenvalue weighted by Crippen LogP contribution is -2.26. The van der Waals surface area contributed by atoms with E-state index in [-0.39, 0.29) is 10.8 Å². The van der Waals surface area contributed by atoms with Gasteiger partial charge in [-0.05, 0) is 55.8 Å². The van der Waals surface area contributed by atoms with Crippen LogP contribution in [0.25, 0.3) is 0 Å². The van der Waals surface area contributed by atoms with Gasteiger partial charge in [-0.1, -0.05) is 24.9 Å². The van der Waals surface area contributed by atoms with Gasteiger partial charge in [-0.15, -0.1) is 0 Å². The van der Waals surface area contributed by atoms with Gasteiger partial charge in [0, 0.05) is 0 Å². The standard InChI is InChI=1S/C20H20ClF3O4/c1-3-4-11-26-19(25)13(2)27-15-6-8-16(9-7-15)28-18-10-5-14(12-17(18)21)20(22,23)24/h5-10,12-13H,3-4,11H2,1-2H3. The maximum Gasteiger partial charge on any atom is 0.416 e. The van der Waals surface area contributed by atoms with Crippen molar-refractivity contribution in [3.63, 3.8) is 0 Å². The van der Waals surface area contributed by atoms with Crippen molar-refractivity contribution in [2.24, 2.45) is 0 Å². The molecule has 2 rings (SSSR count). The fourth-order valence-corrected chi connectivity index (χ4v) is 2.38. The molecule has 0 amide bonds. The Balaban J connectivity index is 1.96. The number of carbonyl (C=O) groups excluding carboxylic acids is 1. The highest BCUT2D eigenvalue weighted by Gasteiger charge is 2.31. The lowest BCUT2D eigenvalue weighted by atomic mass is 10.2. The second-order valence-corrected chi connectivity index (χ2v) is 6.40. The van der Waals surface area contributed by atoms with Crippen LogP contribution in [0.5, 0.6) is 17.2 Å². The van der Waals surface area contributed by atoms with Crippen LogP contribution in [0.4, 0.5) is 13.2 Å². The van der Waals surface area contributed by atoms with Crippen molar-refractivity contribution in [2.45, 2.75) is 39.0 Å². The first kappa shape index (κ1) is 21.9. The molecule has 0 N–H and O–H groups in total. The van der Waals surface area contributed by atoms with E-state index >= 15 is 0 Å². The number of esters is 1. The molecule has 2 aromatic carbocycles. The molecule has 8 heteroatoms. The predicted molar refractivity (Wildman–Crippen MR) is 98.9 cm³/mol. The molecule has 0 saturated heterocycles. The Morgan fingerprint density at radius 1 is 1.11 bits per heavy atom. The molecule has 1 unspecified atom stereocenters. The van der Waals surface area contributed by atoms with Gasteiger partial charge in [-0.25, -0.2) is 4.79 Å². The first-order valence-electron chi connectivity index (χ1n) is 8.68. The van der Waals surface area contributed by atoms with Crippen LogP contribution < -0.4 is 9.47 Å². The molecule has 0 aromatic heterocycles. The molecule has 0 radical (unpaired) electrons. The number of ether oxygens (including phenoxy) is 3. The predicted octanol–water partition coefficient (Wildman–Crippen LogP) is 6.26. The monoisotopic (exact) mass is 416 g/mol. The molecular formula is C20H20ClF3O4. The van der Waals surface area contributed by atoms with E-state index in [4.69, 9.17) is 25.8 Å². The molecule has 0 saturated carbocycles. The fraction of sp³-hybridized carbons (Fsp3) is 0.350. The van der Waals surface area contributed by atoms with E-state index < -0.39 is 23.8 Å². The lowest BCUT2D eigenvalue weighted by molar-refractivity contribution is -0.151. The maximum atomic E-state index is 12.7. The van der Waals surface area contributed by atoms with Crippen LogP contribution in [0.1, 0.15) is 32.3 Å². The molecule has 0 heterocycles. The van der Waals surface area contributed by atoms with E-state index in [1.807, 2.05) is 6.92 Å². The van der Waals surface area contributed by atoms with Crippen molar-refractivity contribution in [2.75, 3.05) is 6.61 Å². The number of carbonyl (C=O) groups is 1. The summed E-state index contributed by atoms with van der Waals surface area (Å²) in [7, 11) is 0. The number of hydrogen-bond acceptors (Lipinski definition) is 4. The SMILES string of the molecule is CCCCOC(=O)C(C)Oc1ccc(Oc2ccc(C(F)(F)F)cc2Cl)cc1. The van der Waals surface area contributed by atoms with Crippen molar-refractivity contribution in [1.29, 1.82) is 0 Å². The van der Waals surface area contributed by atoms with Crippen LogP contribution in [0.2, 0.25) is 5.02 Å². The molecular weight excluding hydrogens is 397 g/mol. The summed E-state index contributed by atoms with van der Waals surface area (Å²) in [5.74, 6) is 0.416. The average molecular weight is 417 g/mol. The third-order valence-corrected chi connectivity index (χ3v) is 3.99. The normalized spacial score (nSPS) is 12.4. The van der Waals surface area contributed by atoms with Gasteiger partial charge in [0.2, 0.25) is 0 Å². The summed E-state index contributed by atoms with van der Waals surface area (Å²) in [4.78, 5) is 11.8. The summed E-state index contributed by atoms with van der Waals surface area (Å²) < 4.78 is 54.1. The summed E-state index contributed by atoms with van der Waals surface area (Å²) in [6.45, 7) is 3.93. The zero-order valence-electron chi connectivity index (χ0n) is 15.4. The van der Waals surface area contributed by atoms with E-state index in [2.05, 4.69) is 0 Å². The molecule has 2 aromatic rings. The fourth-order valence-electron chi connectivity index (χ4n) is 2.16. The van der Waals surface area contributed by atoms with Crippen LogP contribution in [0.15, 0.2) is 42.5 Å². The van der Waals surface area contributed by atoms with Crippen LogP contribution in [0, 0.1) is 0 Å². The Labute approximate surface area is 166 Å². The van der Waals surface area contributed by atoms with Crippen molar-refractivity contribution < 1.29 is 32.2 Å². The van der Waals surface area contributed by atoms with Gasteiger partial charge < -0.3 is 14.2 Å². The molecule has 0 spiro atoms. The Kier molecular flexibility index (Phi) is 7.57. The Morgan fingerprint density at radius 2 is 1.75 bits per heavy atom. The van der Waals surface area contributed by atoms with E-state index in [0.717, 1.165) is 31.0 Å². The number of hydrogen-bond donors (Lipinski definition) is 0. The maximum absolute atomic E-state index is 12.7. The smallest absolute Gasteiger partial charge is 0.416 e. The minimum Gasteiger partial charge on any atom is -0.479 e. The molecule has 0 aliphatic rings. The average Bonchev–Trinajstić information content (AvgIpc) is 2.64. The minimum atomic E-state index is -4.48. The summed E-state index contributed by atoms with van der Waals surface area (Å²) in [5, 5.41) is -0.154. The molecule has 0 bridgehead atoms.